The van der Waals surface area contributed by atoms with E-state index in [1.165, 1.54) is 12.1 Å². The molecule has 29 heavy (non-hydrogen) atoms. The number of nitrogens with zero attached hydrogens (tertiary/aromatic N) is 1. The van der Waals surface area contributed by atoms with Crippen molar-refractivity contribution in [3.63, 3.8) is 0 Å². The molecule has 0 aliphatic carbocycles. The minimum absolute atomic E-state index is 0.116. The number of carbonyl (C=O) groups is 2. The predicted molar refractivity (Wildman–Crippen MR) is 114 cm³/mol. The third-order valence-electron chi connectivity index (χ3n) is 4.59. The Morgan fingerprint density at radius 3 is 2.28 bits per heavy atom. The lowest BCUT2D eigenvalue weighted by molar-refractivity contribution is -0.141. The number of hydrogen-bond donors (Lipinski definition) is 1. The maximum absolute atomic E-state index is 13.2. The highest BCUT2D eigenvalue weighted by Crippen LogP contribution is 2.17. The summed E-state index contributed by atoms with van der Waals surface area (Å²) < 4.78 is 13.2. The number of carbonyl (C=O) groups excluding carboxylic acids is 2. The molecule has 2 aromatic carbocycles. The van der Waals surface area contributed by atoms with E-state index in [0.29, 0.717) is 13.0 Å². The fourth-order valence-electron chi connectivity index (χ4n) is 3.26. The van der Waals surface area contributed by atoms with Crippen LogP contribution in [0.3, 0.4) is 0 Å². The zero-order valence-corrected chi connectivity index (χ0v) is 18.0. The molecule has 0 saturated carbocycles. The van der Waals surface area contributed by atoms with Gasteiger partial charge in [0.25, 0.3) is 0 Å². The minimum Gasteiger partial charge on any atom is -0.350 e. The Labute approximate surface area is 173 Å². The standard InChI is InChI=1S/C24H31FN2O2/c1-6-21(23(29)26-24(3,4)5)27(16-19-9-7-8-17(2)14-19)22(28)15-18-10-12-20(25)13-11-18/h7-14,21H,6,15-16H2,1-5H3,(H,26,29). The van der Waals surface area contributed by atoms with Gasteiger partial charge in [0.15, 0.2) is 0 Å². The second-order valence-corrected chi connectivity index (χ2v) is 8.48. The van der Waals surface area contributed by atoms with Crippen LogP contribution in [0.5, 0.6) is 0 Å². The number of aryl methyl sites for hydroxylation is 1. The zero-order chi connectivity index (χ0) is 21.6. The number of nitrogens with one attached hydrogen (secondary N) is 1. The maximum Gasteiger partial charge on any atom is 0.243 e. The molecule has 2 amide bonds. The SMILES string of the molecule is CCC(C(=O)NC(C)(C)C)N(Cc1cccc(C)c1)C(=O)Cc1ccc(F)cc1. The van der Waals surface area contributed by atoms with Gasteiger partial charge in [-0.1, -0.05) is 48.9 Å². The fourth-order valence-corrected chi connectivity index (χ4v) is 3.26. The van der Waals surface area contributed by atoms with E-state index in [0.717, 1.165) is 16.7 Å². The van der Waals surface area contributed by atoms with Gasteiger partial charge in [0.1, 0.15) is 11.9 Å². The van der Waals surface area contributed by atoms with Crippen LogP contribution >= 0.6 is 0 Å². The van der Waals surface area contributed by atoms with Crippen molar-refractivity contribution in [1.29, 1.82) is 0 Å². The molecule has 156 valence electrons. The highest BCUT2D eigenvalue weighted by atomic mass is 19.1. The second-order valence-electron chi connectivity index (χ2n) is 8.48. The third-order valence-corrected chi connectivity index (χ3v) is 4.59. The first-order chi connectivity index (χ1) is 13.6. The van der Waals surface area contributed by atoms with Gasteiger partial charge < -0.3 is 10.2 Å². The Bertz CT molecular complexity index is 841. The largest absolute Gasteiger partial charge is 0.350 e. The van der Waals surface area contributed by atoms with E-state index in [9.17, 15) is 14.0 Å². The number of amides is 2. The highest BCUT2D eigenvalue weighted by molar-refractivity contribution is 5.88. The molecule has 1 unspecified atom stereocenters. The first-order valence-electron chi connectivity index (χ1n) is 10.0. The molecule has 0 spiro atoms. The van der Waals surface area contributed by atoms with Gasteiger partial charge in [0.05, 0.1) is 6.42 Å². The molecule has 0 aliphatic rings. The summed E-state index contributed by atoms with van der Waals surface area (Å²) in [6, 6.07) is 13.2. The first kappa shape index (κ1) is 22.6. The lowest BCUT2D eigenvalue weighted by atomic mass is 10.0. The Morgan fingerprint density at radius 1 is 1.07 bits per heavy atom. The van der Waals surface area contributed by atoms with Gasteiger partial charge in [-0.3, -0.25) is 9.59 Å². The van der Waals surface area contributed by atoms with Gasteiger partial charge in [0.2, 0.25) is 11.8 Å². The summed E-state index contributed by atoms with van der Waals surface area (Å²) in [5.41, 5.74) is 2.40. The molecule has 0 aliphatic heterocycles. The van der Waals surface area contributed by atoms with Crippen LogP contribution in [0.4, 0.5) is 4.39 Å². The van der Waals surface area contributed by atoms with Gasteiger partial charge >= 0.3 is 0 Å². The van der Waals surface area contributed by atoms with Crippen molar-refractivity contribution in [3.05, 3.63) is 71.0 Å². The number of benzene rings is 2. The summed E-state index contributed by atoms with van der Waals surface area (Å²) in [7, 11) is 0. The first-order valence-corrected chi connectivity index (χ1v) is 10.0. The number of hydrogen-bond acceptors (Lipinski definition) is 2. The lowest BCUT2D eigenvalue weighted by Gasteiger charge is -2.33. The molecular formula is C24H31FN2O2. The molecule has 1 N–H and O–H groups in total. The Balaban J connectivity index is 2.30. The van der Waals surface area contributed by atoms with E-state index in [1.54, 1.807) is 17.0 Å². The van der Waals surface area contributed by atoms with Crippen LogP contribution in [-0.2, 0) is 22.6 Å². The van der Waals surface area contributed by atoms with Gasteiger partial charge in [-0.25, -0.2) is 4.39 Å². The zero-order valence-electron chi connectivity index (χ0n) is 18.0. The number of halogens is 1. The molecule has 0 heterocycles. The molecule has 2 aromatic rings. The summed E-state index contributed by atoms with van der Waals surface area (Å²) in [5.74, 6) is -0.664. The van der Waals surface area contributed by atoms with Gasteiger partial charge in [0, 0.05) is 12.1 Å². The van der Waals surface area contributed by atoms with Crippen LogP contribution in [0.1, 0.15) is 50.8 Å². The van der Waals surface area contributed by atoms with Crippen molar-refractivity contribution in [2.24, 2.45) is 0 Å². The molecule has 4 nitrogen and oxygen atoms in total. The average molecular weight is 399 g/mol. The van der Waals surface area contributed by atoms with Crippen LogP contribution < -0.4 is 5.32 Å². The molecule has 0 saturated heterocycles. The maximum atomic E-state index is 13.2. The number of rotatable bonds is 7. The minimum atomic E-state index is -0.581. The van der Waals surface area contributed by atoms with Crippen LogP contribution in [-0.4, -0.2) is 28.3 Å². The van der Waals surface area contributed by atoms with E-state index >= 15 is 0 Å². The van der Waals surface area contributed by atoms with Gasteiger partial charge in [-0.15, -0.1) is 0 Å². The van der Waals surface area contributed by atoms with Crippen molar-refractivity contribution in [3.8, 4) is 0 Å². The Hall–Kier alpha value is -2.69. The van der Waals surface area contributed by atoms with E-state index in [2.05, 4.69) is 5.32 Å². The molecule has 0 radical (unpaired) electrons. The quantitative estimate of drug-likeness (QED) is 0.752. The third kappa shape index (κ3) is 7.00. The lowest BCUT2D eigenvalue weighted by Crippen LogP contribution is -2.53. The average Bonchev–Trinajstić information content (AvgIpc) is 2.62. The molecule has 5 heteroatoms. The summed E-state index contributed by atoms with van der Waals surface area (Å²) >= 11 is 0. The monoisotopic (exact) mass is 398 g/mol. The Morgan fingerprint density at radius 2 is 1.72 bits per heavy atom. The van der Waals surface area contributed by atoms with Crippen LogP contribution in [0.15, 0.2) is 48.5 Å². The fraction of sp³-hybridized carbons (Fsp3) is 0.417. The molecule has 0 fully saturated rings. The summed E-state index contributed by atoms with van der Waals surface area (Å²) in [6.45, 7) is 10.0. The summed E-state index contributed by atoms with van der Waals surface area (Å²) in [6.07, 6.45) is 0.619. The molecule has 0 bridgehead atoms. The Kier molecular flexibility index (Phi) is 7.54. The van der Waals surface area contributed by atoms with E-state index < -0.39 is 6.04 Å². The molecule has 2 rings (SSSR count). The van der Waals surface area contributed by atoms with Crippen molar-refractivity contribution in [2.45, 2.75) is 65.6 Å². The molecular weight excluding hydrogens is 367 g/mol. The molecule has 1 atom stereocenters. The van der Waals surface area contributed by atoms with E-state index in [4.69, 9.17) is 0 Å². The van der Waals surface area contributed by atoms with E-state index in [-0.39, 0.29) is 29.6 Å². The highest BCUT2D eigenvalue weighted by Gasteiger charge is 2.30. The van der Waals surface area contributed by atoms with Gasteiger partial charge in [-0.2, -0.15) is 0 Å². The van der Waals surface area contributed by atoms with Crippen molar-refractivity contribution >= 4 is 11.8 Å². The second kappa shape index (κ2) is 9.68. The van der Waals surface area contributed by atoms with Crippen molar-refractivity contribution < 1.29 is 14.0 Å². The summed E-state index contributed by atoms with van der Waals surface area (Å²) in [5, 5.41) is 2.99. The topological polar surface area (TPSA) is 49.4 Å². The van der Waals surface area contributed by atoms with Crippen molar-refractivity contribution in [2.75, 3.05) is 0 Å². The smallest absolute Gasteiger partial charge is 0.243 e. The molecule has 0 aromatic heterocycles. The summed E-state index contributed by atoms with van der Waals surface area (Å²) in [4.78, 5) is 27.8. The van der Waals surface area contributed by atoms with Crippen LogP contribution in [0.25, 0.3) is 0 Å². The van der Waals surface area contributed by atoms with Crippen LogP contribution in [0.2, 0.25) is 0 Å². The van der Waals surface area contributed by atoms with Crippen molar-refractivity contribution in [1.82, 2.24) is 10.2 Å². The normalized spacial score (nSPS) is 12.3. The predicted octanol–water partition coefficient (Wildman–Crippen LogP) is 4.40. The van der Waals surface area contributed by atoms with Crippen LogP contribution in [0, 0.1) is 12.7 Å². The van der Waals surface area contributed by atoms with E-state index in [1.807, 2.05) is 58.9 Å². The van der Waals surface area contributed by atoms with Gasteiger partial charge in [-0.05, 0) is 57.4 Å².